The standard InChI is InChI=1S/C12H11BrN4O/c1-7-6-8(2-3-9(7)13)15-12(18)10-4-5-11(14)17-16-10/h2-6H,1H3,(H2,14,17)(H,15,18). The van der Waals surface area contributed by atoms with Gasteiger partial charge in [0, 0.05) is 10.2 Å². The monoisotopic (exact) mass is 306 g/mol. The van der Waals surface area contributed by atoms with Gasteiger partial charge in [-0.05, 0) is 42.8 Å². The third-order valence-electron chi connectivity index (χ3n) is 2.33. The van der Waals surface area contributed by atoms with E-state index in [0.29, 0.717) is 5.69 Å². The van der Waals surface area contributed by atoms with Crippen LogP contribution in [0, 0.1) is 6.92 Å². The lowest BCUT2D eigenvalue weighted by molar-refractivity contribution is 0.102. The number of aromatic nitrogens is 2. The summed E-state index contributed by atoms with van der Waals surface area (Å²) in [6.45, 7) is 1.95. The zero-order valence-electron chi connectivity index (χ0n) is 9.64. The van der Waals surface area contributed by atoms with Crippen molar-refractivity contribution in [2.24, 2.45) is 0 Å². The number of nitrogens with two attached hydrogens (primary N) is 1. The molecule has 0 saturated heterocycles. The third-order valence-corrected chi connectivity index (χ3v) is 3.22. The molecular formula is C12H11BrN4O. The van der Waals surface area contributed by atoms with Crippen LogP contribution in [0.15, 0.2) is 34.8 Å². The second kappa shape index (κ2) is 5.14. The lowest BCUT2D eigenvalue weighted by atomic mass is 10.2. The van der Waals surface area contributed by atoms with Gasteiger partial charge in [0.25, 0.3) is 5.91 Å². The van der Waals surface area contributed by atoms with Crippen molar-refractivity contribution in [2.45, 2.75) is 6.92 Å². The Labute approximate surface area is 113 Å². The Morgan fingerprint density at radius 3 is 2.67 bits per heavy atom. The van der Waals surface area contributed by atoms with Gasteiger partial charge in [-0.3, -0.25) is 4.79 Å². The molecule has 3 N–H and O–H groups in total. The zero-order chi connectivity index (χ0) is 13.1. The highest BCUT2D eigenvalue weighted by atomic mass is 79.9. The topological polar surface area (TPSA) is 80.9 Å². The molecule has 0 bridgehead atoms. The number of rotatable bonds is 2. The van der Waals surface area contributed by atoms with Crippen molar-refractivity contribution in [2.75, 3.05) is 11.1 Å². The first kappa shape index (κ1) is 12.5. The van der Waals surface area contributed by atoms with Crippen molar-refractivity contribution in [3.05, 3.63) is 46.1 Å². The van der Waals surface area contributed by atoms with Crippen LogP contribution in [0.25, 0.3) is 0 Å². The van der Waals surface area contributed by atoms with Gasteiger partial charge in [-0.2, -0.15) is 0 Å². The largest absolute Gasteiger partial charge is 0.382 e. The van der Waals surface area contributed by atoms with Crippen molar-refractivity contribution in [3.8, 4) is 0 Å². The van der Waals surface area contributed by atoms with E-state index in [2.05, 4.69) is 31.4 Å². The van der Waals surface area contributed by atoms with Crippen LogP contribution in [0.4, 0.5) is 11.5 Å². The molecule has 5 nitrogen and oxygen atoms in total. The van der Waals surface area contributed by atoms with Crippen LogP contribution in [0.2, 0.25) is 0 Å². The van der Waals surface area contributed by atoms with E-state index in [-0.39, 0.29) is 17.4 Å². The maximum atomic E-state index is 11.9. The van der Waals surface area contributed by atoms with Gasteiger partial charge in [-0.15, -0.1) is 10.2 Å². The Morgan fingerprint density at radius 1 is 1.28 bits per heavy atom. The molecule has 0 aliphatic rings. The SMILES string of the molecule is Cc1cc(NC(=O)c2ccc(N)nn2)ccc1Br. The van der Waals surface area contributed by atoms with E-state index in [9.17, 15) is 4.79 Å². The van der Waals surface area contributed by atoms with Gasteiger partial charge in [0.05, 0.1) is 0 Å². The molecule has 0 atom stereocenters. The molecule has 0 radical (unpaired) electrons. The number of benzene rings is 1. The minimum Gasteiger partial charge on any atom is -0.382 e. The fourth-order valence-electron chi connectivity index (χ4n) is 1.38. The summed E-state index contributed by atoms with van der Waals surface area (Å²) in [6, 6.07) is 8.62. The van der Waals surface area contributed by atoms with Crippen LogP contribution in [0.5, 0.6) is 0 Å². The molecule has 6 heteroatoms. The molecule has 0 unspecified atom stereocenters. The van der Waals surface area contributed by atoms with Crippen molar-refractivity contribution < 1.29 is 4.79 Å². The first-order valence-corrected chi connectivity index (χ1v) is 6.02. The summed E-state index contributed by atoms with van der Waals surface area (Å²) in [7, 11) is 0. The van der Waals surface area contributed by atoms with Crippen LogP contribution < -0.4 is 11.1 Å². The number of carbonyl (C=O) groups is 1. The molecule has 2 aromatic rings. The van der Waals surface area contributed by atoms with Gasteiger partial charge in [0.15, 0.2) is 5.69 Å². The van der Waals surface area contributed by atoms with Crippen molar-refractivity contribution in [1.82, 2.24) is 10.2 Å². The molecule has 1 amide bonds. The number of aryl methyl sites for hydroxylation is 1. The molecule has 1 aromatic carbocycles. The Hall–Kier alpha value is -1.95. The van der Waals surface area contributed by atoms with Crippen LogP contribution >= 0.6 is 15.9 Å². The molecule has 1 heterocycles. The van der Waals surface area contributed by atoms with Crippen LogP contribution in [0.1, 0.15) is 16.1 Å². The molecule has 18 heavy (non-hydrogen) atoms. The molecule has 0 saturated carbocycles. The molecule has 2 rings (SSSR count). The van der Waals surface area contributed by atoms with Gasteiger partial charge >= 0.3 is 0 Å². The summed E-state index contributed by atoms with van der Waals surface area (Å²) in [6.07, 6.45) is 0. The van der Waals surface area contributed by atoms with Gasteiger partial charge in [-0.1, -0.05) is 15.9 Å². The summed E-state index contributed by atoms with van der Waals surface area (Å²) in [4.78, 5) is 11.9. The molecular weight excluding hydrogens is 296 g/mol. The number of carbonyl (C=O) groups excluding carboxylic acids is 1. The van der Waals surface area contributed by atoms with Crippen LogP contribution in [-0.4, -0.2) is 16.1 Å². The third kappa shape index (κ3) is 2.84. The number of nitrogen functional groups attached to an aromatic ring is 1. The van der Waals surface area contributed by atoms with E-state index in [1.54, 1.807) is 6.07 Å². The number of nitrogens with one attached hydrogen (secondary N) is 1. The Kier molecular flexibility index (Phi) is 3.57. The number of amides is 1. The van der Waals surface area contributed by atoms with Gasteiger partial charge < -0.3 is 11.1 Å². The van der Waals surface area contributed by atoms with Gasteiger partial charge in [-0.25, -0.2) is 0 Å². The maximum absolute atomic E-state index is 11.9. The summed E-state index contributed by atoms with van der Waals surface area (Å²) >= 11 is 3.40. The highest BCUT2D eigenvalue weighted by molar-refractivity contribution is 9.10. The molecule has 0 aliphatic carbocycles. The number of halogens is 1. The Bertz CT molecular complexity index is 583. The first-order chi connectivity index (χ1) is 8.56. The second-order valence-corrected chi connectivity index (χ2v) is 4.62. The quantitative estimate of drug-likeness (QED) is 0.892. The highest BCUT2D eigenvalue weighted by Crippen LogP contribution is 2.20. The van der Waals surface area contributed by atoms with E-state index < -0.39 is 0 Å². The predicted octanol–water partition coefficient (Wildman–Crippen LogP) is 2.38. The summed E-state index contributed by atoms with van der Waals surface area (Å²) < 4.78 is 0.993. The molecule has 92 valence electrons. The number of hydrogen-bond donors (Lipinski definition) is 2. The summed E-state index contributed by atoms with van der Waals surface area (Å²) in [5.74, 6) is -0.0322. The van der Waals surface area contributed by atoms with E-state index >= 15 is 0 Å². The Morgan fingerprint density at radius 2 is 2.06 bits per heavy atom. The lowest BCUT2D eigenvalue weighted by Gasteiger charge is -2.06. The van der Waals surface area contributed by atoms with Gasteiger partial charge in [0.1, 0.15) is 5.82 Å². The Balaban J connectivity index is 2.16. The predicted molar refractivity (Wildman–Crippen MR) is 73.3 cm³/mol. The van der Waals surface area contributed by atoms with Crippen LogP contribution in [0.3, 0.4) is 0 Å². The van der Waals surface area contributed by atoms with E-state index in [0.717, 1.165) is 10.0 Å². The van der Waals surface area contributed by atoms with Crippen LogP contribution in [-0.2, 0) is 0 Å². The molecule has 0 aliphatic heterocycles. The van der Waals surface area contributed by atoms with Crippen molar-refractivity contribution >= 4 is 33.3 Å². The smallest absolute Gasteiger partial charge is 0.276 e. The normalized spacial score (nSPS) is 10.1. The lowest BCUT2D eigenvalue weighted by Crippen LogP contribution is -2.14. The summed E-state index contributed by atoms with van der Waals surface area (Å²) in [5.41, 5.74) is 7.38. The number of anilines is 2. The van der Waals surface area contributed by atoms with E-state index in [1.807, 2.05) is 19.1 Å². The average Bonchev–Trinajstić information content (AvgIpc) is 2.34. The van der Waals surface area contributed by atoms with Gasteiger partial charge in [0.2, 0.25) is 0 Å². The minimum atomic E-state index is -0.316. The second-order valence-electron chi connectivity index (χ2n) is 3.76. The highest BCUT2D eigenvalue weighted by Gasteiger charge is 2.08. The first-order valence-electron chi connectivity index (χ1n) is 5.23. The maximum Gasteiger partial charge on any atom is 0.276 e. The summed E-state index contributed by atoms with van der Waals surface area (Å²) in [5, 5.41) is 10.1. The zero-order valence-corrected chi connectivity index (χ0v) is 11.2. The molecule has 0 spiro atoms. The molecule has 0 fully saturated rings. The fourth-order valence-corrected chi connectivity index (χ4v) is 1.63. The van der Waals surface area contributed by atoms with E-state index in [1.165, 1.54) is 12.1 Å². The minimum absolute atomic E-state index is 0.227. The average molecular weight is 307 g/mol. The van der Waals surface area contributed by atoms with Crippen molar-refractivity contribution in [3.63, 3.8) is 0 Å². The number of nitrogens with zero attached hydrogens (tertiary/aromatic N) is 2. The van der Waals surface area contributed by atoms with E-state index in [4.69, 9.17) is 5.73 Å². The molecule has 1 aromatic heterocycles. The number of hydrogen-bond acceptors (Lipinski definition) is 4. The van der Waals surface area contributed by atoms with Crippen molar-refractivity contribution in [1.29, 1.82) is 0 Å². The fraction of sp³-hybridized carbons (Fsp3) is 0.0833.